The van der Waals surface area contributed by atoms with Gasteiger partial charge in [-0.3, -0.25) is 14.8 Å². The second-order valence-corrected chi connectivity index (χ2v) is 8.45. The molecule has 0 radical (unpaired) electrons. The van der Waals surface area contributed by atoms with Crippen molar-refractivity contribution in [2.75, 3.05) is 11.9 Å². The number of aromatic nitrogens is 1. The molecule has 0 bridgehead atoms. The van der Waals surface area contributed by atoms with Gasteiger partial charge in [0.25, 0.3) is 0 Å². The van der Waals surface area contributed by atoms with Gasteiger partial charge in [0.1, 0.15) is 5.75 Å². The zero-order valence-electron chi connectivity index (χ0n) is 18.7. The second-order valence-electron chi connectivity index (χ2n) is 8.45. The van der Waals surface area contributed by atoms with Gasteiger partial charge in [0.05, 0.1) is 31.1 Å². The lowest BCUT2D eigenvalue weighted by Crippen LogP contribution is -2.08. The average Bonchev–Trinajstić information content (AvgIpc) is 3.08. The number of nitrogens with one attached hydrogen (secondary N) is 1. The van der Waals surface area contributed by atoms with E-state index in [2.05, 4.69) is 31.3 Å². The first-order chi connectivity index (χ1) is 15.6. The number of rotatable bonds is 7. The standard InChI is InChI=1S/C27H29N3O2/c1-19(2)18-32-27-11-7-6-10-26(27)29-17-22-15-23(31)14-21-16-28-24(12-13-25(21)30-22)20-8-4-3-5-9-20/h3-11,14-15,19,29H,12-13,16-18H2,1-2H3. The Bertz CT molecular complexity index is 1160. The fraction of sp³-hybridized carbons (Fsp3) is 0.296. The van der Waals surface area contributed by atoms with E-state index in [0.29, 0.717) is 25.6 Å². The van der Waals surface area contributed by atoms with E-state index >= 15 is 0 Å². The van der Waals surface area contributed by atoms with E-state index in [0.717, 1.165) is 52.5 Å². The molecule has 2 aromatic carbocycles. The van der Waals surface area contributed by atoms with Gasteiger partial charge in [-0.2, -0.15) is 0 Å². The Morgan fingerprint density at radius 2 is 1.78 bits per heavy atom. The molecule has 0 saturated carbocycles. The van der Waals surface area contributed by atoms with Gasteiger partial charge in [-0.25, -0.2) is 0 Å². The van der Waals surface area contributed by atoms with Crippen molar-refractivity contribution in [3.63, 3.8) is 0 Å². The SMILES string of the molecule is CC(C)COc1ccccc1NCc1cc(=O)cc2c(n1)CCC(c1ccccc1)=NC2. The lowest BCUT2D eigenvalue weighted by atomic mass is 10.0. The summed E-state index contributed by atoms with van der Waals surface area (Å²) < 4.78 is 5.93. The van der Waals surface area contributed by atoms with Crippen LogP contribution in [0.15, 0.2) is 76.5 Å². The van der Waals surface area contributed by atoms with Crippen LogP contribution in [-0.2, 0) is 19.5 Å². The molecule has 0 unspecified atom stereocenters. The van der Waals surface area contributed by atoms with Gasteiger partial charge in [0, 0.05) is 17.5 Å². The van der Waals surface area contributed by atoms with Crippen molar-refractivity contribution >= 4 is 11.4 Å². The molecule has 1 aliphatic heterocycles. The number of para-hydroxylation sites is 2. The monoisotopic (exact) mass is 427 g/mol. The third-order valence-corrected chi connectivity index (χ3v) is 5.34. The third-order valence-electron chi connectivity index (χ3n) is 5.34. The van der Waals surface area contributed by atoms with Gasteiger partial charge < -0.3 is 10.1 Å². The molecule has 0 atom stereocenters. The fourth-order valence-electron chi connectivity index (χ4n) is 3.73. The summed E-state index contributed by atoms with van der Waals surface area (Å²) >= 11 is 0. The summed E-state index contributed by atoms with van der Waals surface area (Å²) in [5, 5.41) is 3.40. The van der Waals surface area contributed by atoms with Gasteiger partial charge in [0.15, 0.2) is 5.43 Å². The molecule has 0 spiro atoms. The normalized spacial score (nSPS) is 13.2. The second kappa shape index (κ2) is 10.2. The van der Waals surface area contributed by atoms with Gasteiger partial charge in [-0.15, -0.1) is 0 Å². The maximum Gasteiger partial charge on any atom is 0.180 e. The Morgan fingerprint density at radius 1 is 1.00 bits per heavy atom. The topological polar surface area (TPSA) is 63.6 Å². The number of nitrogens with zero attached hydrogens (tertiary/aromatic N) is 2. The van der Waals surface area contributed by atoms with Crippen molar-refractivity contribution in [2.45, 2.75) is 39.8 Å². The summed E-state index contributed by atoms with van der Waals surface area (Å²) in [6, 6.07) is 21.4. The highest BCUT2D eigenvalue weighted by atomic mass is 16.5. The van der Waals surface area contributed by atoms with Crippen LogP contribution >= 0.6 is 0 Å². The number of anilines is 1. The summed E-state index contributed by atoms with van der Waals surface area (Å²) in [7, 11) is 0. The lowest BCUT2D eigenvalue weighted by Gasteiger charge is -2.14. The van der Waals surface area contributed by atoms with Crippen molar-refractivity contribution in [3.05, 3.63) is 99.5 Å². The van der Waals surface area contributed by atoms with Crippen LogP contribution in [-0.4, -0.2) is 17.3 Å². The number of aryl methyl sites for hydroxylation is 1. The molecule has 0 saturated heterocycles. The molecule has 0 fully saturated rings. The molecule has 164 valence electrons. The smallest absolute Gasteiger partial charge is 0.180 e. The first-order valence-electron chi connectivity index (χ1n) is 11.2. The van der Waals surface area contributed by atoms with Crippen molar-refractivity contribution in [3.8, 4) is 5.75 Å². The van der Waals surface area contributed by atoms with Gasteiger partial charge in [-0.05, 0) is 48.1 Å². The highest BCUT2D eigenvalue weighted by Crippen LogP contribution is 2.25. The van der Waals surface area contributed by atoms with Gasteiger partial charge in [0.2, 0.25) is 0 Å². The number of hydrogen-bond donors (Lipinski definition) is 1. The van der Waals surface area contributed by atoms with E-state index in [-0.39, 0.29) is 5.43 Å². The van der Waals surface area contributed by atoms with E-state index in [1.165, 1.54) is 0 Å². The molecule has 0 aliphatic carbocycles. The average molecular weight is 428 g/mol. The minimum atomic E-state index is -0.0433. The molecule has 0 amide bonds. The number of benzene rings is 2. The van der Waals surface area contributed by atoms with Gasteiger partial charge in [-0.1, -0.05) is 56.3 Å². The van der Waals surface area contributed by atoms with Crippen molar-refractivity contribution in [2.24, 2.45) is 10.9 Å². The molecule has 5 nitrogen and oxygen atoms in total. The Kier molecular flexibility index (Phi) is 6.95. The zero-order valence-corrected chi connectivity index (χ0v) is 18.7. The van der Waals surface area contributed by atoms with E-state index in [4.69, 9.17) is 14.7 Å². The molecule has 1 aliphatic rings. The van der Waals surface area contributed by atoms with Crippen molar-refractivity contribution in [1.29, 1.82) is 0 Å². The minimum Gasteiger partial charge on any atom is -0.491 e. The first kappa shape index (κ1) is 21.8. The molecule has 1 aromatic heterocycles. The van der Waals surface area contributed by atoms with Crippen LogP contribution in [0.5, 0.6) is 5.75 Å². The quantitative estimate of drug-likeness (QED) is 0.575. The Labute approximate surface area is 189 Å². The van der Waals surface area contributed by atoms with Gasteiger partial charge >= 0.3 is 0 Å². The van der Waals surface area contributed by atoms with Crippen LogP contribution in [0.2, 0.25) is 0 Å². The van der Waals surface area contributed by atoms with E-state index in [9.17, 15) is 4.79 Å². The molecule has 3 aromatic rings. The molecule has 1 N–H and O–H groups in total. The maximum absolute atomic E-state index is 12.5. The van der Waals surface area contributed by atoms with Crippen LogP contribution in [0.25, 0.3) is 0 Å². The fourth-order valence-corrected chi connectivity index (χ4v) is 3.73. The van der Waals surface area contributed by atoms with Crippen LogP contribution < -0.4 is 15.5 Å². The number of fused-ring (bicyclic) bond motifs is 1. The number of aliphatic imine (C=N–C) groups is 1. The molecule has 2 heterocycles. The third kappa shape index (κ3) is 5.61. The van der Waals surface area contributed by atoms with Crippen molar-refractivity contribution in [1.82, 2.24) is 4.98 Å². The predicted octanol–water partition coefficient (Wildman–Crippen LogP) is 5.02. The zero-order chi connectivity index (χ0) is 22.3. The molecule has 5 heteroatoms. The Balaban J connectivity index is 1.52. The highest BCUT2D eigenvalue weighted by Gasteiger charge is 2.14. The summed E-state index contributed by atoms with van der Waals surface area (Å²) in [4.78, 5) is 22.2. The Morgan fingerprint density at radius 3 is 2.59 bits per heavy atom. The first-order valence-corrected chi connectivity index (χ1v) is 11.2. The summed E-state index contributed by atoms with van der Waals surface area (Å²) in [6.07, 6.45) is 1.57. The lowest BCUT2D eigenvalue weighted by molar-refractivity contribution is 0.272. The largest absolute Gasteiger partial charge is 0.491 e. The van der Waals surface area contributed by atoms with E-state index in [1.807, 2.05) is 42.5 Å². The number of hydrogen-bond acceptors (Lipinski definition) is 5. The summed E-state index contributed by atoms with van der Waals surface area (Å²) in [5.74, 6) is 1.25. The van der Waals surface area contributed by atoms with Crippen molar-refractivity contribution < 1.29 is 4.74 Å². The summed E-state index contributed by atoms with van der Waals surface area (Å²) in [5.41, 5.74) is 5.63. The van der Waals surface area contributed by atoms with Crippen LogP contribution in [0.1, 0.15) is 42.8 Å². The highest BCUT2D eigenvalue weighted by molar-refractivity contribution is 6.00. The Hall–Kier alpha value is -3.47. The van der Waals surface area contributed by atoms with Crippen LogP contribution in [0.3, 0.4) is 0 Å². The minimum absolute atomic E-state index is 0.0433. The van der Waals surface area contributed by atoms with E-state index in [1.54, 1.807) is 12.1 Å². The molecule has 32 heavy (non-hydrogen) atoms. The summed E-state index contributed by atoms with van der Waals surface area (Å²) in [6.45, 7) is 5.83. The molecular formula is C27H29N3O2. The molecular weight excluding hydrogens is 398 g/mol. The maximum atomic E-state index is 12.5. The number of ether oxygens (including phenoxy) is 1. The molecule has 4 rings (SSSR count). The van der Waals surface area contributed by atoms with Crippen LogP contribution in [0, 0.1) is 5.92 Å². The van der Waals surface area contributed by atoms with E-state index < -0.39 is 0 Å². The van der Waals surface area contributed by atoms with Crippen LogP contribution in [0.4, 0.5) is 5.69 Å². The predicted molar refractivity (Wildman–Crippen MR) is 130 cm³/mol.